The molecule has 1 fully saturated rings. The number of hydrogen-bond acceptors (Lipinski definition) is 4. The Bertz CT molecular complexity index is 213. The molecule has 1 heterocycles. The van der Waals surface area contributed by atoms with Gasteiger partial charge in [0.2, 0.25) is 0 Å². The molecule has 108 valence electrons. The molecule has 0 spiro atoms. The molecule has 5 heteroatoms. The van der Waals surface area contributed by atoms with Crippen LogP contribution in [-0.4, -0.2) is 47.7 Å². The normalized spacial score (nSPS) is 19.5. The van der Waals surface area contributed by atoms with Crippen LogP contribution in [0.25, 0.3) is 0 Å². The van der Waals surface area contributed by atoms with E-state index in [4.69, 9.17) is 18.3 Å². The van der Waals surface area contributed by atoms with Crippen LogP contribution in [-0.2, 0) is 18.3 Å². The molecule has 0 saturated carbocycles. The molecule has 1 unspecified atom stereocenters. The summed E-state index contributed by atoms with van der Waals surface area (Å²) in [6.45, 7) is 12.4. The van der Waals surface area contributed by atoms with Gasteiger partial charge in [-0.05, 0) is 31.9 Å². The quantitative estimate of drug-likeness (QED) is 0.330. The highest BCUT2D eigenvalue weighted by atomic mass is 28.4. The first kappa shape index (κ1) is 16.1. The van der Waals surface area contributed by atoms with Crippen molar-refractivity contribution in [3.8, 4) is 0 Å². The van der Waals surface area contributed by atoms with Gasteiger partial charge in [0.25, 0.3) is 0 Å². The van der Waals surface area contributed by atoms with Crippen LogP contribution in [0.2, 0.25) is 11.6 Å². The number of rotatable bonds is 11. The number of ether oxygens (including phenoxy) is 2. The minimum atomic E-state index is -2.05. The third kappa shape index (κ3) is 5.36. The van der Waals surface area contributed by atoms with Crippen molar-refractivity contribution in [2.45, 2.75) is 51.8 Å². The zero-order chi connectivity index (χ0) is 13.4. The first-order chi connectivity index (χ1) is 8.64. The van der Waals surface area contributed by atoms with Crippen LogP contribution < -0.4 is 0 Å². The lowest BCUT2D eigenvalue weighted by molar-refractivity contribution is 0.112. The van der Waals surface area contributed by atoms with E-state index in [-0.39, 0.29) is 0 Å². The van der Waals surface area contributed by atoms with E-state index >= 15 is 0 Å². The predicted molar refractivity (Wildman–Crippen MR) is 74.1 cm³/mol. The number of hydrogen-bond donors (Lipinski definition) is 0. The van der Waals surface area contributed by atoms with E-state index in [9.17, 15) is 0 Å². The summed E-state index contributed by atoms with van der Waals surface area (Å²) >= 11 is 0. The zero-order valence-electron chi connectivity index (χ0n) is 12.2. The summed E-state index contributed by atoms with van der Waals surface area (Å²) < 4.78 is 22.7. The minimum Gasteiger partial charge on any atom is -0.394 e. The van der Waals surface area contributed by atoms with Crippen LogP contribution >= 0.6 is 0 Å². The topological polar surface area (TPSA) is 40.2 Å². The fourth-order valence-electron chi connectivity index (χ4n) is 2.10. The Balaban J connectivity index is 2.28. The summed E-state index contributed by atoms with van der Waals surface area (Å²) in [6, 6.07) is 1.01. The van der Waals surface area contributed by atoms with Gasteiger partial charge in [0.15, 0.2) is 0 Å². The highest BCUT2D eigenvalue weighted by Crippen LogP contribution is 2.29. The summed E-state index contributed by atoms with van der Waals surface area (Å²) in [6.07, 6.45) is 1.37. The molecule has 1 aliphatic heterocycles. The molecule has 1 rings (SSSR count). The smallest absolute Gasteiger partial charge is 0.340 e. The average Bonchev–Trinajstić information content (AvgIpc) is 3.12. The maximum atomic E-state index is 6.01. The van der Waals surface area contributed by atoms with Crippen molar-refractivity contribution in [3.05, 3.63) is 0 Å². The van der Waals surface area contributed by atoms with Gasteiger partial charge in [0, 0.05) is 19.8 Å². The van der Waals surface area contributed by atoms with Crippen LogP contribution in [0.1, 0.15) is 34.1 Å². The highest BCUT2D eigenvalue weighted by molar-refractivity contribution is 6.68. The van der Waals surface area contributed by atoms with Crippen LogP contribution in [0.4, 0.5) is 0 Å². The van der Waals surface area contributed by atoms with Gasteiger partial charge in [-0.1, -0.05) is 13.8 Å². The molecule has 18 heavy (non-hydrogen) atoms. The lowest BCUT2D eigenvalue weighted by Gasteiger charge is -2.33. The SMILES string of the molecule is CCO[Si](CCCOCC1CO1)(OCC)C(C)C. The van der Waals surface area contributed by atoms with E-state index in [1.807, 2.05) is 13.8 Å². The first-order valence-corrected chi connectivity index (χ1v) is 9.22. The molecule has 0 radical (unpaired) electrons. The molecular formula is C13H28O4Si. The van der Waals surface area contributed by atoms with Gasteiger partial charge < -0.3 is 18.3 Å². The van der Waals surface area contributed by atoms with Crippen LogP contribution in [0.3, 0.4) is 0 Å². The molecule has 0 bridgehead atoms. The third-order valence-corrected chi connectivity index (χ3v) is 7.54. The fourth-order valence-corrected chi connectivity index (χ4v) is 5.33. The van der Waals surface area contributed by atoms with Crippen LogP contribution in [0.15, 0.2) is 0 Å². The second kappa shape index (κ2) is 8.27. The Morgan fingerprint density at radius 1 is 1.22 bits per heavy atom. The van der Waals surface area contributed by atoms with Crippen molar-refractivity contribution in [1.82, 2.24) is 0 Å². The summed E-state index contributed by atoms with van der Waals surface area (Å²) in [5.74, 6) is 0. The Morgan fingerprint density at radius 3 is 2.28 bits per heavy atom. The second-order valence-electron chi connectivity index (χ2n) is 4.97. The van der Waals surface area contributed by atoms with Gasteiger partial charge in [-0.25, -0.2) is 0 Å². The molecule has 1 aliphatic rings. The predicted octanol–water partition coefficient (Wildman–Crippen LogP) is 2.72. The Hall–Kier alpha value is 0.0569. The van der Waals surface area contributed by atoms with E-state index in [1.165, 1.54) is 0 Å². The fraction of sp³-hybridized carbons (Fsp3) is 1.00. The van der Waals surface area contributed by atoms with Crippen molar-refractivity contribution >= 4 is 8.56 Å². The van der Waals surface area contributed by atoms with E-state index < -0.39 is 8.56 Å². The van der Waals surface area contributed by atoms with E-state index in [0.717, 1.165) is 45.5 Å². The Kier molecular flexibility index (Phi) is 7.40. The molecule has 0 aromatic heterocycles. The maximum Gasteiger partial charge on any atom is 0.340 e. The summed E-state index contributed by atoms with van der Waals surface area (Å²) in [5.41, 5.74) is 0.476. The lowest BCUT2D eigenvalue weighted by Crippen LogP contribution is -2.45. The van der Waals surface area contributed by atoms with Crippen LogP contribution in [0, 0.1) is 0 Å². The molecule has 0 N–H and O–H groups in total. The van der Waals surface area contributed by atoms with Gasteiger partial charge >= 0.3 is 8.56 Å². The van der Waals surface area contributed by atoms with E-state index in [2.05, 4.69) is 13.8 Å². The first-order valence-electron chi connectivity index (χ1n) is 7.11. The molecular weight excluding hydrogens is 248 g/mol. The van der Waals surface area contributed by atoms with E-state index in [0.29, 0.717) is 11.6 Å². The second-order valence-corrected chi connectivity index (χ2v) is 8.82. The Morgan fingerprint density at radius 2 is 1.83 bits per heavy atom. The molecule has 1 saturated heterocycles. The van der Waals surface area contributed by atoms with Crippen molar-refractivity contribution < 1.29 is 18.3 Å². The van der Waals surface area contributed by atoms with Gasteiger partial charge in [-0.15, -0.1) is 0 Å². The monoisotopic (exact) mass is 276 g/mol. The molecule has 0 aromatic carbocycles. The van der Waals surface area contributed by atoms with Gasteiger partial charge in [0.05, 0.1) is 13.2 Å². The standard InChI is InChI=1S/C13H28O4Si/c1-5-16-18(12(3)4,17-6-2)9-7-8-14-10-13-11-15-13/h12-13H,5-11H2,1-4H3. The molecule has 1 atom stereocenters. The highest BCUT2D eigenvalue weighted by Gasteiger charge is 2.40. The van der Waals surface area contributed by atoms with Gasteiger partial charge in [-0.3, -0.25) is 0 Å². The van der Waals surface area contributed by atoms with Crippen LogP contribution in [0.5, 0.6) is 0 Å². The third-order valence-electron chi connectivity index (χ3n) is 3.18. The summed E-state index contributed by atoms with van der Waals surface area (Å²) in [7, 11) is -2.05. The summed E-state index contributed by atoms with van der Waals surface area (Å²) in [5, 5.41) is 0. The molecule has 0 amide bonds. The van der Waals surface area contributed by atoms with Crippen molar-refractivity contribution in [2.24, 2.45) is 0 Å². The zero-order valence-corrected chi connectivity index (χ0v) is 13.2. The summed E-state index contributed by atoms with van der Waals surface area (Å²) in [4.78, 5) is 0. The van der Waals surface area contributed by atoms with E-state index in [1.54, 1.807) is 0 Å². The average molecular weight is 276 g/mol. The Labute approximate surface area is 112 Å². The molecule has 0 aliphatic carbocycles. The van der Waals surface area contributed by atoms with Crippen molar-refractivity contribution in [3.63, 3.8) is 0 Å². The van der Waals surface area contributed by atoms with Gasteiger partial charge in [-0.2, -0.15) is 0 Å². The lowest BCUT2D eigenvalue weighted by atomic mass is 10.5. The number of epoxide rings is 1. The van der Waals surface area contributed by atoms with Crippen molar-refractivity contribution in [2.75, 3.05) is 33.0 Å². The van der Waals surface area contributed by atoms with Gasteiger partial charge in [0.1, 0.15) is 6.10 Å². The maximum absolute atomic E-state index is 6.01. The minimum absolute atomic E-state index is 0.357. The largest absolute Gasteiger partial charge is 0.394 e. The molecule has 0 aromatic rings. The van der Waals surface area contributed by atoms with Crippen molar-refractivity contribution in [1.29, 1.82) is 0 Å². The molecule has 4 nitrogen and oxygen atoms in total.